The zero-order valence-corrected chi connectivity index (χ0v) is 17.4. The van der Waals surface area contributed by atoms with Gasteiger partial charge in [-0.05, 0) is 60.5 Å². The second-order valence-electron chi connectivity index (χ2n) is 6.44. The molecule has 0 spiro atoms. The van der Waals surface area contributed by atoms with Gasteiger partial charge in [0, 0.05) is 18.0 Å². The van der Waals surface area contributed by atoms with Gasteiger partial charge in [0.2, 0.25) is 0 Å². The fraction of sp³-hybridized carbons (Fsp3) is 0.778. The van der Waals surface area contributed by atoms with Gasteiger partial charge in [0.1, 0.15) is 0 Å². The van der Waals surface area contributed by atoms with Crippen LogP contribution in [-0.2, 0) is 9.31 Å². The van der Waals surface area contributed by atoms with Gasteiger partial charge in [-0.15, -0.1) is 11.3 Å². The molecular weight excluding hydrogens is 387 g/mol. The Balaban J connectivity index is 1.97. The molecule has 0 unspecified atom stereocenters. The first kappa shape index (κ1) is 20.3. The van der Waals surface area contributed by atoms with Crippen LogP contribution < -0.4 is 9.51 Å². The minimum Gasteiger partial charge on any atom is -0.480 e. The van der Waals surface area contributed by atoms with E-state index < -0.39 is 0 Å². The summed E-state index contributed by atoms with van der Waals surface area (Å²) in [7, 11) is -0.270. The lowest BCUT2D eigenvalue weighted by Gasteiger charge is -2.22. The first-order valence-electron chi connectivity index (χ1n) is 9.43. The molecule has 0 atom stereocenters. The molecule has 24 heavy (non-hydrogen) atoms. The van der Waals surface area contributed by atoms with Crippen molar-refractivity contribution in [2.24, 2.45) is 0 Å². The lowest BCUT2D eigenvalue weighted by molar-refractivity contribution is 0.159. The minimum atomic E-state index is -0.270. The van der Waals surface area contributed by atoms with Gasteiger partial charge in [-0.3, -0.25) is 0 Å². The molecule has 1 saturated carbocycles. The quantitative estimate of drug-likeness (QED) is 0.349. The van der Waals surface area contributed by atoms with Crippen molar-refractivity contribution in [1.82, 2.24) is 0 Å². The monoisotopic (exact) mass is 416 g/mol. The third kappa shape index (κ3) is 6.70. The smallest absolute Gasteiger partial charge is 0.480 e. The van der Waals surface area contributed by atoms with Crippen LogP contribution >= 0.6 is 27.3 Å². The highest BCUT2D eigenvalue weighted by molar-refractivity contribution is 9.10. The molecule has 6 heteroatoms. The summed E-state index contributed by atoms with van der Waals surface area (Å²) in [6.07, 6.45) is 11.0. The van der Waals surface area contributed by atoms with Gasteiger partial charge in [-0.25, -0.2) is 0 Å². The summed E-state index contributed by atoms with van der Waals surface area (Å²) in [6.45, 7) is 5.82. The van der Waals surface area contributed by atoms with Gasteiger partial charge >= 0.3 is 7.12 Å². The highest BCUT2D eigenvalue weighted by Gasteiger charge is 2.26. The van der Waals surface area contributed by atoms with Crippen molar-refractivity contribution >= 4 is 39.2 Å². The normalized spacial score (nSPS) is 15.6. The minimum absolute atomic E-state index is 0.270. The zero-order valence-electron chi connectivity index (χ0n) is 15.0. The second kappa shape index (κ2) is 11.6. The molecule has 0 saturated heterocycles. The van der Waals surface area contributed by atoms with E-state index in [4.69, 9.17) is 14.0 Å². The molecule has 3 nitrogen and oxygen atoms in total. The van der Waals surface area contributed by atoms with Crippen LogP contribution in [0.25, 0.3) is 0 Å². The summed E-state index contributed by atoms with van der Waals surface area (Å²) >= 11 is 5.31. The van der Waals surface area contributed by atoms with Crippen molar-refractivity contribution < 1.29 is 14.0 Å². The van der Waals surface area contributed by atoms with E-state index >= 15 is 0 Å². The molecule has 1 fully saturated rings. The summed E-state index contributed by atoms with van der Waals surface area (Å²) < 4.78 is 20.3. The molecule has 1 heterocycles. The van der Waals surface area contributed by atoms with E-state index in [1.54, 1.807) is 11.3 Å². The van der Waals surface area contributed by atoms with Crippen LogP contribution in [0.1, 0.15) is 71.6 Å². The van der Waals surface area contributed by atoms with E-state index in [9.17, 15) is 0 Å². The van der Waals surface area contributed by atoms with Crippen LogP contribution in [0.4, 0.5) is 0 Å². The Hall–Kier alpha value is -0.0351. The molecule has 0 aromatic carbocycles. The van der Waals surface area contributed by atoms with Crippen LogP contribution in [0.5, 0.6) is 5.06 Å². The maximum absolute atomic E-state index is 6.23. The van der Waals surface area contributed by atoms with Crippen LogP contribution in [0.2, 0.25) is 0 Å². The summed E-state index contributed by atoms with van der Waals surface area (Å²) in [5, 5.41) is 0.972. The van der Waals surface area contributed by atoms with Crippen molar-refractivity contribution in [2.45, 2.75) is 77.7 Å². The summed E-state index contributed by atoms with van der Waals surface area (Å²) in [5.41, 5.74) is 0. The van der Waals surface area contributed by atoms with E-state index in [0.29, 0.717) is 6.10 Å². The fourth-order valence-corrected chi connectivity index (χ4v) is 4.48. The Kier molecular flexibility index (Phi) is 9.76. The number of unbranched alkanes of at least 4 members (excludes halogenated alkanes) is 2. The molecule has 0 N–H and O–H groups in total. The van der Waals surface area contributed by atoms with E-state index in [1.165, 1.54) is 32.1 Å². The standard InChI is InChI=1S/C18H30BBrO3S/c1-3-5-12-21-19(22-13-6-4-2)17-14-16(20)18(24-17)23-15-10-8-7-9-11-15/h14-15H,3-13H2,1-2H3. The maximum Gasteiger partial charge on any atom is 0.504 e. The highest BCUT2D eigenvalue weighted by atomic mass is 79.9. The highest BCUT2D eigenvalue weighted by Crippen LogP contribution is 2.33. The van der Waals surface area contributed by atoms with Crippen LogP contribution in [0.15, 0.2) is 10.5 Å². The topological polar surface area (TPSA) is 27.7 Å². The molecule has 2 rings (SSSR count). The molecule has 1 aromatic rings. The number of hydrogen-bond acceptors (Lipinski definition) is 4. The molecule has 0 radical (unpaired) electrons. The maximum atomic E-state index is 6.23. The average Bonchev–Trinajstić information content (AvgIpc) is 2.95. The third-order valence-electron chi connectivity index (χ3n) is 4.27. The molecule has 0 bridgehead atoms. The molecule has 136 valence electrons. The van der Waals surface area contributed by atoms with E-state index in [1.807, 2.05) is 0 Å². The Bertz CT molecular complexity index is 453. The van der Waals surface area contributed by atoms with Crippen molar-refractivity contribution in [1.29, 1.82) is 0 Å². The average molecular weight is 417 g/mol. The van der Waals surface area contributed by atoms with Crippen LogP contribution in [0, 0.1) is 0 Å². The number of halogens is 1. The van der Waals surface area contributed by atoms with E-state index in [-0.39, 0.29) is 7.12 Å². The molecular formula is C18H30BBrO3S. The molecule has 1 aliphatic carbocycles. The van der Waals surface area contributed by atoms with E-state index in [2.05, 4.69) is 35.8 Å². The summed E-state index contributed by atoms with van der Waals surface area (Å²) in [4.78, 5) is 0. The number of thiophene rings is 1. The Morgan fingerprint density at radius 3 is 2.29 bits per heavy atom. The number of ether oxygens (including phenoxy) is 1. The molecule has 1 aliphatic rings. The van der Waals surface area contributed by atoms with Crippen molar-refractivity contribution in [2.75, 3.05) is 13.2 Å². The predicted molar refractivity (Wildman–Crippen MR) is 107 cm³/mol. The molecule has 0 amide bonds. The third-order valence-corrected chi connectivity index (χ3v) is 6.17. The van der Waals surface area contributed by atoms with Gasteiger partial charge < -0.3 is 14.0 Å². The van der Waals surface area contributed by atoms with Crippen LogP contribution in [0.3, 0.4) is 0 Å². The number of rotatable bonds is 11. The zero-order chi connectivity index (χ0) is 17.2. The predicted octanol–water partition coefficient (Wildman–Crippen LogP) is 5.55. The van der Waals surface area contributed by atoms with Crippen molar-refractivity contribution in [3.63, 3.8) is 0 Å². The largest absolute Gasteiger partial charge is 0.504 e. The van der Waals surface area contributed by atoms with Crippen molar-refractivity contribution in [3.05, 3.63) is 10.5 Å². The van der Waals surface area contributed by atoms with Gasteiger partial charge in [0.15, 0.2) is 5.06 Å². The Labute approximate surface area is 159 Å². The lowest BCUT2D eigenvalue weighted by Crippen LogP contribution is -2.35. The SMILES string of the molecule is CCCCOB(OCCCC)c1cc(Br)c(OC2CCCCC2)s1. The van der Waals surface area contributed by atoms with Gasteiger partial charge in [-0.1, -0.05) is 33.1 Å². The van der Waals surface area contributed by atoms with Crippen LogP contribution in [-0.4, -0.2) is 26.4 Å². The van der Waals surface area contributed by atoms with E-state index in [0.717, 1.165) is 53.2 Å². The fourth-order valence-electron chi connectivity index (χ4n) is 2.78. The molecule has 0 aliphatic heterocycles. The Morgan fingerprint density at radius 1 is 1.08 bits per heavy atom. The van der Waals surface area contributed by atoms with Crippen molar-refractivity contribution in [3.8, 4) is 5.06 Å². The van der Waals surface area contributed by atoms with Gasteiger partial charge in [0.25, 0.3) is 0 Å². The first-order valence-corrected chi connectivity index (χ1v) is 11.0. The first-order chi connectivity index (χ1) is 11.7. The van der Waals surface area contributed by atoms with Gasteiger partial charge in [-0.2, -0.15) is 0 Å². The summed E-state index contributed by atoms with van der Waals surface area (Å²) in [6, 6.07) is 2.10. The molecule has 1 aromatic heterocycles. The lowest BCUT2D eigenvalue weighted by atomic mass is 9.87. The van der Waals surface area contributed by atoms with Gasteiger partial charge in [0.05, 0.1) is 10.6 Å². The summed E-state index contributed by atoms with van der Waals surface area (Å²) in [5.74, 6) is 0. The second-order valence-corrected chi connectivity index (χ2v) is 8.34. The number of hydrogen-bond donors (Lipinski definition) is 0. The Morgan fingerprint density at radius 2 is 1.71 bits per heavy atom.